The van der Waals surface area contributed by atoms with Crippen molar-refractivity contribution in [3.05, 3.63) is 29.6 Å². The van der Waals surface area contributed by atoms with Crippen LogP contribution in [0.1, 0.15) is 23.0 Å². The van der Waals surface area contributed by atoms with E-state index >= 15 is 0 Å². The van der Waals surface area contributed by atoms with Gasteiger partial charge in [0, 0.05) is 17.5 Å². The van der Waals surface area contributed by atoms with Crippen molar-refractivity contribution >= 4 is 5.78 Å². The van der Waals surface area contributed by atoms with Crippen molar-refractivity contribution in [3.63, 3.8) is 0 Å². The van der Waals surface area contributed by atoms with Gasteiger partial charge in [0.25, 0.3) is 0 Å². The number of nitriles is 1. The lowest BCUT2D eigenvalue weighted by Crippen LogP contribution is -2.09. The first-order chi connectivity index (χ1) is 6.15. The number of carbonyl (C=O) groups excluding carboxylic acids is 1. The predicted octanol–water partition coefficient (Wildman–Crippen LogP) is 1.73. The molecule has 0 saturated heterocycles. The Morgan fingerprint density at radius 2 is 2.31 bits per heavy atom. The Kier molecular flexibility index (Phi) is 2.76. The molecule has 3 heteroatoms. The van der Waals surface area contributed by atoms with Crippen LogP contribution in [-0.4, -0.2) is 10.8 Å². The fraction of sp³-hybridized carbons (Fsp3) is 0.300. The van der Waals surface area contributed by atoms with Crippen molar-refractivity contribution in [1.29, 1.82) is 5.26 Å². The number of aryl methyl sites for hydroxylation is 1. The number of pyridine rings is 1. The molecule has 0 aliphatic heterocycles. The Hall–Kier alpha value is -1.69. The maximum Gasteiger partial charge on any atom is 0.181 e. The molecular formula is C10H10N2O. The highest BCUT2D eigenvalue weighted by molar-refractivity contribution is 5.98. The van der Waals surface area contributed by atoms with Gasteiger partial charge in [0.15, 0.2) is 5.78 Å². The second-order valence-corrected chi connectivity index (χ2v) is 2.90. The van der Waals surface area contributed by atoms with Crippen LogP contribution in [0.3, 0.4) is 0 Å². The van der Waals surface area contributed by atoms with E-state index in [1.807, 2.05) is 13.0 Å². The van der Waals surface area contributed by atoms with E-state index in [0.29, 0.717) is 5.56 Å². The monoisotopic (exact) mass is 174 g/mol. The van der Waals surface area contributed by atoms with Crippen LogP contribution in [0.15, 0.2) is 18.3 Å². The van der Waals surface area contributed by atoms with Crippen molar-refractivity contribution in [2.75, 3.05) is 0 Å². The average molecular weight is 174 g/mol. The minimum Gasteiger partial charge on any atom is -0.293 e. The van der Waals surface area contributed by atoms with E-state index in [2.05, 4.69) is 4.98 Å². The summed E-state index contributed by atoms with van der Waals surface area (Å²) in [4.78, 5) is 15.4. The van der Waals surface area contributed by atoms with E-state index in [1.165, 1.54) is 6.20 Å². The van der Waals surface area contributed by atoms with Gasteiger partial charge in [-0.2, -0.15) is 5.26 Å². The second-order valence-electron chi connectivity index (χ2n) is 2.90. The van der Waals surface area contributed by atoms with Crippen molar-refractivity contribution in [2.45, 2.75) is 13.8 Å². The van der Waals surface area contributed by atoms with Crippen LogP contribution < -0.4 is 0 Å². The molecule has 1 atom stereocenters. The summed E-state index contributed by atoms with van der Waals surface area (Å²) in [7, 11) is 0. The molecule has 0 saturated carbocycles. The van der Waals surface area contributed by atoms with Gasteiger partial charge in [-0.15, -0.1) is 0 Å². The predicted molar refractivity (Wildman–Crippen MR) is 48.1 cm³/mol. The lowest BCUT2D eigenvalue weighted by molar-refractivity contribution is 0.0956. The molecule has 0 amide bonds. The first-order valence-electron chi connectivity index (χ1n) is 4.01. The van der Waals surface area contributed by atoms with Gasteiger partial charge >= 0.3 is 0 Å². The standard InChI is InChI=1S/C10H10N2O/c1-7(5-11)10(13)9-4-3-8(2)12-6-9/h3-4,6-7H,1-2H3/t7-/m1/s1. The molecule has 1 heterocycles. The normalized spacial score (nSPS) is 11.8. The third kappa shape index (κ3) is 2.12. The third-order valence-corrected chi connectivity index (χ3v) is 1.78. The molecule has 0 unspecified atom stereocenters. The minimum atomic E-state index is -0.593. The fourth-order valence-corrected chi connectivity index (χ4v) is 0.922. The van der Waals surface area contributed by atoms with Crippen LogP contribution in [0.2, 0.25) is 0 Å². The molecule has 66 valence electrons. The lowest BCUT2D eigenvalue weighted by atomic mass is 10.0. The smallest absolute Gasteiger partial charge is 0.181 e. The molecule has 0 aliphatic rings. The van der Waals surface area contributed by atoms with E-state index in [0.717, 1.165) is 5.69 Å². The molecular weight excluding hydrogens is 164 g/mol. The van der Waals surface area contributed by atoms with Gasteiger partial charge in [-0.05, 0) is 26.0 Å². The van der Waals surface area contributed by atoms with E-state index in [1.54, 1.807) is 19.1 Å². The molecule has 3 nitrogen and oxygen atoms in total. The summed E-state index contributed by atoms with van der Waals surface area (Å²) in [6.45, 7) is 3.43. The van der Waals surface area contributed by atoms with Crippen LogP contribution in [0.5, 0.6) is 0 Å². The topological polar surface area (TPSA) is 53.8 Å². The summed E-state index contributed by atoms with van der Waals surface area (Å²) in [6.07, 6.45) is 1.51. The van der Waals surface area contributed by atoms with Crippen molar-refractivity contribution in [1.82, 2.24) is 4.98 Å². The number of rotatable bonds is 2. The third-order valence-electron chi connectivity index (χ3n) is 1.78. The number of hydrogen-bond acceptors (Lipinski definition) is 3. The van der Waals surface area contributed by atoms with Gasteiger partial charge < -0.3 is 0 Å². The molecule has 1 aromatic heterocycles. The molecule has 13 heavy (non-hydrogen) atoms. The zero-order chi connectivity index (χ0) is 9.84. The van der Waals surface area contributed by atoms with Crippen molar-refractivity contribution in [2.24, 2.45) is 5.92 Å². The number of nitrogens with zero attached hydrogens (tertiary/aromatic N) is 2. The molecule has 0 aliphatic carbocycles. The molecule has 0 N–H and O–H groups in total. The summed E-state index contributed by atoms with van der Waals surface area (Å²) in [5.74, 6) is -0.764. The Bertz CT molecular complexity index is 348. The van der Waals surface area contributed by atoms with Gasteiger partial charge in [0.1, 0.15) is 5.92 Å². The Balaban J connectivity index is 2.91. The molecule has 0 radical (unpaired) electrons. The number of ketones is 1. The highest BCUT2D eigenvalue weighted by Crippen LogP contribution is 2.07. The van der Waals surface area contributed by atoms with Crippen molar-refractivity contribution in [3.8, 4) is 6.07 Å². The number of aromatic nitrogens is 1. The summed E-state index contributed by atoms with van der Waals surface area (Å²) >= 11 is 0. The first kappa shape index (κ1) is 9.40. The van der Waals surface area contributed by atoms with Gasteiger partial charge in [0.05, 0.1) is 6.07 Å². The molecule has 0 aromatic carbocycles. The largest absolute Gasteiger partial charge is 0.293 e. The summed E-state index contributed by atoms with van der Waals surface area (Å²) in [5.41, 5.74) is 1.36. The van der Waals surface area contributed by atoms with Crippen molar-refractivity contribution < 1.29 is 4.79 Å². The average Bonchev–Trinajstić information content (AvgIpc) is 2.17. The SMILES string of the molecule is Cc1ccc(C(=O)[C@H](C)C#N)cn1. The number of hydrogen-bond donors (Lipinski definition) is 0. The highest BCUT2D eigenvalue weighted by Gasteiger charge is 2.13. The van der Waals surface area contributed by atoms with Gasteiger partial charge in [0.2, 0.25) is 0 Å². The molecule has 0 fully saturated rings. The maximum absolute atomic E-state index is 11.4. The quantitative estimate of drug-likeness (QED) is 0.641. The van der Waals surface area contributed by atoms with E-state index in [-0.39, 0.29) is 5.78 Å². The first-order valence-corrected chi connectivity index (χ1v) is 4.01. The second kappa shape index (κ2) is 3.81. The van der Waals surface area contributed by atoms with E-state index in [9.17, 15) is 4.79 Å². The fourth-order valence-electron chi connectivity index (χ4n) is 0.922. The van der Waals surface area contributed by atoms with Crippen LogP contribution in [-0.2, 0) is 0 Å². The van der Waals surface area contributed by atoms with Crippen LogP contribution in [0.4, 0.5) is 0 Å². The zero-order valence-electron chi connectivity index (χ0n) is 7.61. The molecule has 1 rings (SSSR count). The molecule has 0 spiro atoms. The number of carbonyl (C=O) groups is 1. The Morgan fingerprint density at radius 3 is 2.77 bits per heavy atom. The number of Topliss-reactive ketones (excluding diaryl/α,β-unsaturated/α-hetero) is 1. The molecule has 0 bridgehead atoms. The summed E-state index contributed by atoms with van der Waals surface area (Å²) < 4.78 is 0. The Labute approximate surface area is 77.0 Å². The van der Waals surface area contributed by atoms with Crippen LogP contribution in [0, 0.1) is 24.2 Å². The zero-order valence-corrected chi connectivity index (χ0v) is 7.61. The van der Waals surface area contributed by atoms with E-state index < -0.39 is 5.92 Å². The molecule has 1 aromatic rings. The minimum absolute atomic E-state index is 0.171. The van der Waals surface area contributed by atoms with Crippen LogP contribution >= 0.6 is 0 Å². The van der Waals surface area contributed by atoms with Crippen LogP contribution in [0.25, 0.3) is 0 Å². The summed E-state index contributed by atoms with van der Waals surface area (Å²) in [5, 5.41) is 8.53. The Morgan fingerprint density at radius 1 is 1.62 bits per heavy atom. The van der Waals surface area contributed by atoms with E-state index in [4.69, 9.17) is 5.26 Å². The van der Waals surface area contributed by atoms with Gasteiger partial charge in [-0.25, -0.2) is 0 Å². The maximum atomic E-state index is 11.4. The van der Waals surface area contributed by atoms with Gasteiger partial charge in [-0.1, -0.05) is 0 Å². The van der Waals surface area contributed by atoms with Gasteiger partial charge in [-0.3, -0.25) is 9.78 Å². The summed E-state index contributed by atoms with van der Waals surface area (Å²) in [6, 6.07) is 5.35. The lowest BCUT2D eigenvalue weighted by Gasteiger charge is -2.00. The highest BCUT2D eigenvalue weighted by atomic mass is 16.1.